The first kappa shape index (κ1) is 18.7. The van der Waals surface area contributed by atoms with Crippen LogP contribution in [0.2, 0.25) is 5.02 Å². The van der Waals surface area contributed by atoms with Gasteiger partial charge in [0.2, 0.25) is 5.91 Å². The van der Waals surface area contributed by atoms with Crippen LogP contribution in [0.25, 0.3) is 0 Å². The summed E-state index contributed by atoms with van der Waals surface area (Å²) < 4.78 is 5.33. The van der Waals surface area contributed by atoms with Gasteiger partial charge in [0.05, 0.1) is 12.9 Å². The highest BCUT2D eigenvalue weighted by molar-refractivity contribution is 7.99. The van der Waals surface area contributed by atoms with Crippen LogP contribution in [0.3, 0.4) is 0 Å². The number of halogens is 1. The van der Waals surface area contributed by atoms with Gasteiger partial charge < -0.3 is 10.1 Å². The van der Waals surface area contributed by atoms with Crippen molar-refractivity contribution >= 4 is 29.3 Å². The van der Waals surface area contributed by atoms with Gasteiger partial charge in [-0.3, -0.25) is 4.79 Å². The molecule has 0 saturated heterocycles. The van der Waals surface area contributed by atoms with Gasteiger partial charge in [-0.15, -0.1) is 11.8 Å². The molecule has 0 fully saturated rings. The lowest BCUT2D eigenvalue weighted by Gasteiger charge is -2.09. The van der Waals surface area contributed by atoms with E-state index in [2.05, 4.69) is 11.4 Å². The number of hydrogen-bond donors (Lipinski definition) is 1. The maximum atomic E-state index is 11.9. The van der Waals surface area contributed by atoms with E-state index in [1.54, 1.807) is 18.9 Å². The minimum Gasteiger partial charge on any atom is -0.496 e. The number of aryl methyl sites for hydroxylation is 1. The zero-order chi connectivity index (χ0) is 17.2. The number of nitrogens with one attached hydrogen (secondary N) is 1. The van der Waals surface area contributed by atoms with Crippen molar-refractivity contribution in [1.29, 1.82) is 0 Å². The van der Waals surface area contributed by atoms with E-state index in [1.165, 1.54) is 5.56 Å². The second-order valence-corrected chi connectivity index (χ2v) is 6.74. The van der Waals surface area contributed by atoms with Gasteiger partial charge in [-0.1, -0.05) is 48.0 Å². The summed E-state index contributed by atoms with van der Waals surface area (Å²) >= 11 is 7.67. The van der Waals surface area contributed by atoms with Crippen LogP contribution >= 0.6 is 23.4 Å². The Hall–Kier alpha value is -1.65. The van der Waals surface area contributed by atoms with Crippen LogP contribution in [-0.4, -0.2) is 25.3 Å². The summed E-state index contributed by atoms with van der Waals surface area (Å²) in [4.78, 5) is 11.9. The predicted molar refractivity (Wildman–Crippen MR) is 102 cm³/mol. The Morgan fingerprint density at radius 1 is 1.12 bits per heavy atom. The molecule has 0 unspecified atom stereocenters. The molecule has 24 heavy (non-hydrogen) atoms. The molecule has 0 aromatic heterocycles. The summed E-state index contributed by atoms with van der Waals surface area (Å²) in [6, 6.07) is 15.7. The Balaban J connectivity index is 1.62. The molecule has 2 aromatic rings. The molecule has 0 aliphatic heterocycles. The van der Waals surface area contributed by atoms with E-state index in [9.17, 15) is 4.79 Å². The minimum absolute atomic E-state index is 0.0621. The number of benzene rings is 2. The van der Waals surface area contributed by atoms with Crippen molar-refractivity contribution in [3.05, 3.63) is 64.7 Å². The molecule has 128 valence electrons. The van der Waals surface area contributed by atoms with E-state index >= 15 is 0 Å². The SMILES string of the molecule is COc1ccccc1CCCNC(=O)CSCc1ccccc1Cl. The fourth-order valence-electron chi connectivity index (χ4n) is 2.34. The maximum absolute atomic E-state index is 11.9. The molecule has 3 nitrogen and oxygen atoms in total. The molecule has 0 spiro atoms. The van der Waals surface area contributed by atoms with E-state index in [1.807, 2.05) is 42.5 Å². The van der Waals surface area contributed by atoms with Crippen LogP contribution in [0.4, 0.5) is 0 Å². The molecule has 0 aliphatic carbocycles. The lowest BCUT2D eigenvalue weighted by molar-refractivity contribution is -0.118. The van der Waals surface area contributed by atoms with Crippen molar-refractivity contribution in [2.45, 2.75) is 18.6 Å². The summed E-state index contributed by atoms with van der Waals surface area (Å²) in [5, 5.41) is 3.71. The fourth-order valence-corrected chi connectivity index (χ4v) is 3.48. The van der Waals surface area contributed by atoms with E-state index in [0.717, 1.165) is 34.9 Å². The Kier molecular flexibility index (Phi) is 7.99. The van der Waals surface area contributed by atoms with Crippen molar-refractivity contribution < 1.29 is 9.53 Å². The third-order valence-electron chi connectivity index (χ3n) is 3.59. The highest BCUT2D eigenvalue weighted by Gasteiger charge is 2.05. The molecule has 2 rings (SSSR count). The van der Waals surface area contributed by atoms with Gasteiger partial charge in [-0.2, -0.15) is 0 Å². The van der Waals surface area contributed by atoms with Crippen molar-refractivity contribution in [2.24, 2.45) is 0 Å². The average molecular weight is 364 g/mol. The molecule has 2 aromatic carbocycles. The van der Waals surface area contributed by atoms with Crippen molar-refractivity contribution in [3.63, 3.8) is 0 Å². The molecule has 0 saturated carbocycles. The maximum Gasteiger partial charge on any atom is 0.230 e. The van der Waals surface area contributed by atoms with Crippen molar-refractivity contribution in [2.75, 3.05) is 19.4 Å². The molecule has 0 aliphatic rings. The van der Waals surface area contributed by atoms with Gasteiger partial charge in [-0.05, 0) is 36.1 Å². The zero-order valence-corrected chi connectivity index (χ0v) is 15.3. The monoisotopic (exact) mass is 363 g/mol. The number of carbonyl (C=O) groups is 1. The molecule has 0 bridgehead atoms. The summed E-state index contributed by atoms with van der Waals surface area (Å²) in [6.07, 6.45) is 1.78. The van der Waals surface area contributed by atoms with Gasteiger partial charge in [0, 0.05) is 17.3 Å². The fraction of sp³-hybridized carbons (Fsp3) is 0.316. The number of ether oxygens (including phenoxy) is 1. The van der Waals surface area contributed by atoms with E-state index < -0.39 is 0 Å². The lowest BCUT2D eigenvalue weighted by Crippen LogP contribution is -2.26. The topological polar surface area (TPSA) is 38.3 Å². The average Bonchev–Trinajstić information content (AvgIpc) is 2.60. The number of thioether (sulfide) groups is 1. The van der Waals surface area contributed by atoms with Crippen LogP contribution < -0.4 is 10.1 Å². The van der Waals surface area contributed by atoms with Gasteiger partial charge in [0.25, 0.3) is 0 Å². The summed E-state index contributed by atoms with van der Waals surface area (Å²) in [6.45, 7) is 0.670. The van der Waals surface area contributed by atoms with Gasteiger partial charge in [-0.25, -0.2) is 0 Å². The normalized spacial score (nSPS) is 10.4. The van der Waals surface area contributed by atoms with Crippen molar-refractivity contribution in [3.8, 4) is 5.75 Å². The molecule has 0 radical (unpaired) electrons. The molecular weight excluding hydrogens is 342 g/mol. The van der Waals surface area contributed by atoms with Crippen LogP contribution in [0.1, 0.15) is 17.5 Å². The summed E-state index contributed by atoms with van der Waals surface area (Å²) in [5.41, 5.74) is 2.23. The number of para-hydroxylation sites is 1. The van der Waals surface area contributed by atoms with Gasteiger partial charge in [0.15, 0.2) is 0 Å². The van der Waals surface area contributed by atoms with Crippen LogP contribution in [0, 0.1) is 0 Å². The lowest BCUT2D eigenvalue weighted by atomic mass is 10.1. The second kappa shape index (κ2) is 10.3. The molecule has 1 amide bonds. The third kappa shape index (κ3) is 6.10. The number of amides is 1. The number of rotatable bonds is 9. The smallest absolute Gasteiger partial charge is 0.230 e. The molecule has 5 heteroatoms. The minimum atomic E-state index is 0.0621. The summed E-state index contributed by atoms with van der Waals surface area (Å²) in [7, 11) is 1.68. The Morgan fingerprint density at radius 3 is 2.58 bits per heavy atom. The summed E-state index contributed by atoms with van der Waals surface area (Å²) in [5.74, 6) is 2.15. The van der Waals surface area contributed by atoms with Crippen molar-refractivity contribution in [1.82, 2.24) is 5.32 Å². The number of hydrogen-bond acceptors (Lipinski definition) is 3. The first-order chi connectivity index (χ1) is 11.7. The number of methoxy groups -OCH3 is 1. The first-order valence-electron chi connectivity index (χ1n) is 7.90. The second-order valence-electron chi connectivity index (χ2n) is 5.35. The zero-order valence-electron chi connectivity index (χ0n) is 13.8. The molecule has 0 atom stereocenters. The highest BCUT2D eigenvalue weighted by Crippen LogP contribution is 2.20. The quantitative estimate of drug-likeness (QED) is 0.674. The highest BCUT2D eigenvalue weighted by atomic mass is 35.5. The first-order valence-corrected chi connectivity index (χ1v) is 9.43. The van der Waals surface area contributed by atoms with E-state index in [0.29, 0.717) is 12.3 Å². The Morgan fingerprint density at radius 2 is 1.83 bits per heavy atom. The van der Waals surface area contributed by atoms with Crippen LogP contribution in [0.5, 0.6) is 5.75 Å². The standard InChI is InChI=1S/C19H22ClNO2S/c1-23-18-11-5-3-7-15(18)9-6-12-21-19(22)14-24-13-16-8-2-4-10-17(16)20/h2-5,7-8,10-11H,6,9,12-14H2,1H3,(H,21,22). The Bertz CT molecular complexity index is 663. The van der Waals surface area contributed by atoms with E-state index in [-0.39, 0.29) is 5.91 Å². The molecule has 0 heterocycles. The van der Waals surface area contributed by atoms with Crippen LogP contribution in [0.15, 0.2) is 48.5 Å². The van der Waals surface area contributed by atoms with Crippen LogP contribution in [-0.2, 0) is 17.0 Å². The Labute approximate surface area is 152 Å². The molecular formula is C19H22ClNO2S. The number of carbonyl (C=O) groups excluding carboxylic acids is 1. The largest absolute Gasteiger partial charge is 0.496 e. The molecule has 1 N–H and O–H groups in total. The predicted octanol–water partition coefficient (Wildman–Crippen LogP) is 4.33. The van der Waals surface area contributed by atoms with Gasteiger partial charge >= 0.3 is 0 Å². The van der Waals surface area contributed by atoms with E-state index in [4.69, 9.17) is 16.3 Å². The third-order valence-corrected chi connectivity index (χ3v) is 4.94. The van der Waals surface area contributed by atoms with Gasteiger partial charge in [0.1, 0.15) is 5.75 Å².